The summed E-state index contributed by atoms with van der Waals surface area (Å²) in [5, 5.41) is 9.58. The summed E-state index contributed by atoms with van der Waals surface area (Å²) >= 11 is 0. The third-order valence-electron chi connectivity index (χ3n) is 9.47. The van der Waals surface area contributed by atoms with Gasteiger partial charge in [0, 0.05) is 58.1 Å². The lowest BCUT2D eigenvalue weighted by Gasteiger charge is -2.38. The number of carboxylic acid groups (broad SMARTS) is 1. The molecular weight excluding hydrogens is 542 g/mol. The topological polar surface area (TPSA) is 84.4 Å². The predicted octanol–water partition coefficient (Wildman–Crippen LogP) is 5.41. The van der Waals surface area contributed by atoms with Crippen LogP contribution in [-0.4, -0.2) is 73.1 Å². The number of ether oxygens (including phenoxy) is 3. The predicted molar refractivity (Wildman–Crippen MR) is 167 cm³/mol. The average molecular weight is 586 g/mol. The van der Waals surface area contributed by atoms with Crippen LogP contribution >= 0.6 is 0 Å². The SMILES string of the molecule is CO[C@H]1CN(c2cccc(-c3cccc(C)c3OCc3cc(C)c4c(c3)CCN(C3CCOCC3)C4)n2)CC[C@@H]1C(=O)O. The standard InChI is InChI=1S/C35H43N3O5/c1-23-6-4-7-28(31-8-5-9-33(36-31)38-15-11-29(35(39)40)32(21-38)41-3)34(23)43-22-25-18-24(2)30-20-37(14-10-26(30)19-25)27-12-16-42-17-13-27/h4-9,18-19,27,29,32H,10-17,20-22H2,1-3H3,(H,39,40)/t29-,32-/m0/s1. The Hall–Kier alpha value is -3.46. The van der Waals surface area contributed by atoms with Crippen LogP contribution in [0.5, 0.6) is 5.75 Å². The number of methoxy groups -OCH3 is 1. The molecule has 0 radical (unpaired) electrons. The number of benzene rings is 2. The highest BCUT2D eigenvalue weighted by atomic mass is 16.5. The van der Waals surface area contributed by atoms with Crippen LogP contribution in [0.1, 0.15) is 47.1 Å². The number of nitrogens with zero attached hydrogens (tertiary/aromatic N) is 3. The number of aromatic nitrogens is 1. The second kappa shape index (κ2) is 13.0. The fourth-order valence-corrected chi connectivity index (χ4v) is 7.01. The molecule has 228 valence electrons. The van der Waals surface area contributed by atoms with Crippen LogP contribution in [0, 0.1) is 19.8 Å². The molecule has 2 atom stereocenters. The number of hydrogen-bond donors (Lipinski definition) is 1. The molecule has 0 unspecified atom stereocenters. The molecule has 0 aliphatic carbocycles. The molecule has 8 nitrogen and oxygen atoms in total. The minimum atomic E-state index is -0.805. The van der Waals surface area contributed by atoms with Gasteiger partial charge in [-0.05, 0) is 85.5 Å². The van der Waals surface area contributed by atoms with E-state index in [1.807, 2.05) is 24.3 Å². The van der Waals surface area contributed by atoms with E-state index in [1.54, 1.807) is 7.11 Å². The lowest BCUT2D eigenvalue weighted by Crippen LogP contribution is -2.47. The van der Waals surface area contributed by atoms with Crippen LogP contribution in [0.25, 0.3) is 11.3 Å². The minimum Gasteiger partial charge on any atom is -0.488 e. The number of para-hydroxylation sites is 1. The number of aryl methyl sites for hydroxylation is 2. The zero-order chi connectivity index (χ0) is 29.9. The van der Waals surface area contributed by atoms with Gasteiger partial charge in [0.25, 0.3) is 0 Å². The van der Waals surface area contributed by atoms with Crippen molar-refractivity contribution in [2.75, 3.05) is 44.9 Å². The molecule has 2 saturated heterocycles. The Balaban J connectivity index is 1.18. The first-order valence-electron chi connectivity index (χ1n) is 15.5. The van der Waals surface area contributed by atoms with Gasteiger partial charge in [-0.3, -0.25) is 9.69 Å². The second-order valence-corrected chi connectivity index (χ2v) is 12.2. The van der Waals surface area contributed by atoms with Gasteiger partial charge in [-0.1, -0.05) is 30.3 Å². The molecule has 8 heteroatoms. The third-order valence-corrected chi connectivity index (χ3v) is 9.47. The van der Waals surface area contributed by atoms with Crippen LogP contribution in [0.3, 0.4) is 0 Å². The highest BCUT2D eigenvalue weighted by Gasteiger charge is 2.35. The average Bonchev–Trinajstić information content (AvgIpc) is 3.04. The Bertz CT molecular complexity index is 1450. The smallest absolute Gasteiger partial charge is 0.309 e. The van der Waals surface area contributed by atoms with E-state index in [2.05, 4.69) is 47.9 Å². The second-order valence-electron chi connectivity index (χ2n) is 12.2. The fourth-order valence-electron chi connectivity index (χ4n) is 7.01. The van der Waals surface area contributed by atoms with Crippen molar-refractivity contribution in [3.63, 3.8) is 0 Å². The van der Waals surface area contributed by atoms with E-state index in [4.69, 9.17) is 19.2 Å². The van der Waals surface area contributed by atoms with Gasteiger partial charge in [-0.2, -0.15) is 0 Å². The van der Waals surface area contributed by atoms with Gasteiger partial charge in [0.1, 0.15) is 18.2 Å². The van der Waals surface area contributed by atoms with Gasteiger partial charge in [0.15, 0.2) is 0 Å². The lowest BCUT2D eigenvalue weighted by atomic mass is 9.91. The van der Waals surface area contributed by atoms with E-state index in [-0.39, 0.29) is 6.10 Å². The quantitative estimate of drug-likeness (QED) is 0.376. The molecule has 1 aromatic heterocycles. The zero-order valence-corrected chi connectivity index (χ0v) is 25.6. The summed E-state index contributed by atoms with van der Waals surface area (Å²) in [6.45, 7) is 9.80. The number of pyridine rings is 1. The summed E-state index contributed by atoms with van der Waals surface area (Å²) in [6, 6.07) is 17.4. The molecule has 6 rings (SSSR count). The first kappa shape index (κ1) is 29.6. The van der Waals surface area contributed by atoms with Gasteiger partial charge in [-0.15, -0.1) is 0 Å². The lowest BCUT2D eigenvalue weighted by molar-refractivity contribution is -0.147. The van der Waals surface area contributed by atoms with Crippen molar-refractivity contribution < 1.29 is 24.1 Å². The maximum Gasteiger partial charge on any atom is 0.309 e. The molecule has 0 bridgehead atoms. The Morgan fingerprint density at radius 2 is 1.86 bits per heavy atom. The van der Waals surface area contributed by atoms with Crippen molar-refractivity contribution in [2.24, 2.45) is 5.92 Å². The highest BCUT2D eigenvalue weighted by Crippen LogP contribution is 2.35. The molecule has 4 heterocycles. The molecule has 0 saturated carbocycles. The number of carboxylic acids is 1. The Morgan fingerprint density at radius 3 is 2.65 bits per heavy atom. The summed E-state index contributed by atoms with van der Waals surface area (Å²) in [7, 11) is 1.58. The Morgan fingerprint density at radius 1 is 1.05 bits per heavy atom. The molecule has 1 N–H and O–H groups in total. The van der Waals surface area contributed by atoms with Gasteiger partial charge in [0.2, 0.25) is 0 Å². The van der Waals surface area contributed by atoms with Crippen molar-refractivity contribution in [1.82, 2.24) is 9.88 Å². The van der Waals surface area contributed by atoms with E-state index in [0.717, 1.165) is 74.0 Å². The van der Waals surface area contributed by atoms with Crippen LogP contribution in [-0.2, 0) is 33.8 Å². The molecule has 3 aromatic rings. The van der Waals surface area contributed by atoms with Crippen LogP contribution in [0.4, 0.5) is 5.82 Å². The van der Waals surface area contributed by atoms with E-state index < -0.39 is 11.9 Å². The van der Waals surface area contributed by atoms with Gasteiger partial charge in [-0.25, -0.2) is 4.98 Å². The Labute approximate surface area is 254 Å². The van der Waals surface area contributed by atoms with Crippen LogP contribution in [0.15, 0.2) is 48.5 Å². The first-order chi connectivity index (χ1) is 20.9. The van der Waals surface area contributed by atoms with Crippen molar-refractivity contribution in [3.05, 3.63) is 76.3 Å². The third kappa shape index (κ3) is 6.42. The van der Waals surface area contributed by atoms with Crippen LogP contribution in [0.2, 0.25) is 0 Å². The van der Waals surface area contributed by atoms with E-state index >= 15 is 0 Å². The number of rotatable bonds is 8. The number of hydrogen-bond acceptors (Lipinski definition) is 7. The van der Waals surface area contributed by atoms with E-state index in [0.29, 0.717) is 32.2 Å². The number of anilines is 1. The van der Waals surface area contributed by atoms with Crippen molar-refractivity contribution in [3.8, 4) is 17.0 Å². The fraction of sp³-hybridized carbons (Fsp3) is 0.486. The molecule has 0 spiro atoms. The van der Waals surface area contributed by atoms with Crippen molar-refractivity contribution in [1.29, 1.82) is 0 Å². The summed E-state index contributed by atoms with van der Waals surface area (Å²) in [4.78, 5) is 21.4. The summed E-state index contributed by atoms with van der Waals surface area (Å²) in [5.41, 5.74) is 8.30. The first-order valence-corrected chi connectivity index (χ1v) is 15.5. The van der Waals surface area contributed by atoms with Crippen LogP contribution < -0.4 is 9.64 Å². The van der Waals surface area contributed by atoms with Crippen molar-refractivity contribution in [2.45, 2.75) is 64.8 Å². The number of fused-ring (bicyclic) bond motifs is 1. The molecule has 3 aliphatic rings. The van der Waals surface area contributed by atoms with Gasteiger partial charge >= 0.3 is 5.97 Å². The monoisotopic (exact) mass is 585 g/mol. The maximum absolute atomic E-state index is 11.7. The molecule has 3 aliphatic heterocycles. The number of aliphatic carboxylic acids is 1. The van der Waals surface area contributed by atoms with Gasteiger partial charge < -0.3 is 24.2 Å². The zero-order valence-electron chi connectivity index (χ0n) is 25.6. The van der Waals surface area contributed by atoms with E-state index in [1.165, 1.54) is 22.3 Å². The molecule has 2 fully saturated rings. The van der Waals surface area contributed by atoms with Gasteiger partial charge in [0.05, 0.1) is 17.7 Å². The molecular formula is C35H43N3O5. The number of piperidine rings is 1. The maximum atomic E-state index is 11.7. The highest BCUT2D eigenvalue weighted by molar-refractivity contribution is 5.72. The summed E-state index contributed by atoms with van der Waals surface area (Å²) in [5.74, 6) is 0.351. The summed E-state index contributed by atoms with van der Waals surface area (Å²) < 4.78 is 17.7. The molecule has 0 amide bonds. The minimum absolute atomic E-state index is 0.375. The number of carbonyl (C=O) groups is 1. The van der Waals surface area contributed by atoms with E-state index in [9.17, 15) is 9.90 Å². The summed E-state index contributed by atoms with van der Waals surface area (Å²) in [6.07, 6.45) is 3.48. The van der Waals surface area contributed by atoms with Crippen molar-refractivity contribution >= 4 is 11.8 Å². The molecule has 43 heavy (non-hydrogen) atoms. The Kier molecular flexibility index (Phi) is 8.98. The largest absolute Gasteiger partial charge is 0.488 e. The normalized spacial score (nSPS) is 21.4. The molecule has 2 aromatic carbocycles.